The van der Waals surface area contributed by atoms with E-state index in [4.69, 9.17) is 66.9 Å². The van der Waals surface area contributed by atoms with Crippen LogP contribution in [0.4, 0.5) is 41.2 Å². The minimum absolute atomic E-state index is 0. The van der Waals surface area contributed by atoms with Crippen LogP contribution in [0.2, 0.25) is 5.15 Å². The number of benzene rings is 4. The van der Waals surface area contributed by atoms with Gasteiger partial charge >= 0.3 is 42.7 Å². The van der Waals surface area contributed by atoms with Crippen LogP contribution < -0.4 is 74.9 Å². The molecule has 0 aliphatic heterocycles. The molecule has 4 atom stereocenters. The Balaban J connectivity index is 0.000000420. The molecule has 99 heavy (non-hydrogen) atoms. The van der Waals surface area contributed by atoms with Gasteiger partial charge in [0, 0.05) is 77.0 Å². The first kappa shape index (κ1) is 84.3. The van der Waals surface area contributed by atoms with Gasteiger partial charge in [0.25, 0.3) is 0 Å². The summed E-state index contributed by atoms with van der Waals surface area (Å²) >= 11 is 5.52. The number of nitrogens with zero attached hydrogens (tertiary/aromatic N) is 10. The topological polar surface area (TPSA) is 544 Å². The molecule has 4 aromatic carbocycles. The predicted molar refractivity (Wildman–Crippen MR) is 375 cm³/mol. The second kappa shape index (κ2) is 41.3. The summed E-state index contributed by atoms with van der Waals surface area (Å²) in [6.07, 6.45) is 4.19. The van der Waals surface area contributed by atoms with E-state index in [0.717, 1.165) is 70.7 Å². The van der Waals surface area contributed by atoms with Crippen molar-refractivity contribution in [3.05, 3.63) is 194 Å². The number of oxime groups is 2. The summed E-state index contributed by atoms with van der Waals surface area (Å²) in [5.74, 6) is 2.17. The molecular weight excluding hydrogens is 1290 g/mol. The van der Waals surface area contributed by atoms with Crippen LogP contribution in [0.1, 0.15) is 164 Å². The summed E-state index contributed by atoms with van der Waals surface area (Å²) < 4.78 is 9.24. The number of esters is 2. The quantitative estimate of drug-likeness (QED) is 0.00771. The monoisotopic (exact) mass is 1380 g/mol. The molecule has 2 aliphatic carbocycles. The van der Waals surface area contributed by atoms with Crippen molar-refractivity contribution >= 4 is 88.4 Å². The van der Waals surface area contributed by atoms with Crippen molar-refractivity contribution in [1.29, 1.82) is 0 Å². The average Bonchev–Trinajstić information content (AvgIpc) is 1.38. The van der Waals surface area contributed by atoms with Gasteiger partial charge in [-0.1, -0.05) is 70.4 Å². The number of ether oxygens (including phenoxy) is 2. The van der Waals surface area contributed by atoms with Crippen LogP contribution in [0, 0.1) is 39.5 Å². The molecule has 10 rings (SSSR count). The molecule has 4 heterocycles. The van der Waals surface area contributed by atoms with E-state index in [1.807, 2.05) is 104 Å². The van der Waals surface area contributed by atoms with Gasteiger partial charge in [-0.05, 0) is 158 Å². The molecule has 2 saturated carbocycles. The van der Waals surface area contributed by atoms with Gasteiger partial charge in [0.2, 0.25) is 23.8 Å². The van der Waals surface area contributed by atoms with E-state index >= 15 is 0 Å². The molecule has 0 unspecified atom stereocenters. The van der Waals surface area contributed by atoms with Gasteiger partial charge in [-0.15, -0.1) is 0 Å². The van der Waals surface area contributed by atoms with Gasteiger partial charge < -0.3 is 91.7 Å². The molecule has 0 spiro atoms. The van der Waals surface area contributed by atoms with E-state index in [1.54, 1.807) is 72.8 Å². The van der Waals surface area contributed by atoms with Crippen molar-refractivity contribution in [2.45, 2.75) is 105 Å². The first-order valence-corrected chi connectivity index (χ1v) is 30.4. The molecular formula is C66H86ClLiN20O11. The normalized spacial score (nSPS) is 13.0. The van der Waals surface area contributed by atoms with Gasteiger partial charge in [-0.3, -0.25) is 0 Å². The number of anilines is 7. The zero-order valence-corrected chi connectivity index (χ0v) is 57.7. The van der Waals surface area contributed by atoms with E-state index in [-0.39, 0.29) is 101 Å². The van der Waals surface area contributed by atoms with E-state index in [2.05, 4.69) is 75.6 Å². The summed E-state index contributed by atoms with van der Waals surface area (Å²) in [6, 6.07) is 35.2. The molecule has 2 aliphatic rings. The number of nitrogens with two attached hydrogens (primary N) is 7. The molecule has 0 amide bonds. The van der Waals surface area contributed by atoms with Crippen molar-refractivity contribution in [2.24, 2.45) is 39.3 Å². The second-order valence-electron chi connectivity index (χ2n) is 22.1. The van der Waals surface area contributed by atoms with Crippen molar-refractivity contribution in [3.63, 3.8) is 0 Å². The van der Waals surface area contributed by atoms with Gasteiger partial charge in [0.15, 0.2) is 0 Å². The van der Waals surface area contributed by atoms with Crippen molar-refractivity contribution < 1.29 is 73.6 Å². The summed E-state index contributed by atoms with van der Waals surface area (Å²) in [5.41, 5.74) is 47.6. The minimum atomic E-state index is -0.934. The largest absolute Gasteiger partial charge is 1.00 e. The SMILES string of the molecule is COC(=O)c1ccc([C@H](C)N)cc1.COC(=O)c1ccc([C@H](C)Nc2cc(C)nc(N)n2)cc1.Cc1cc(Cl)nc(N)n1.Cc1cc(N[C@@H](C)c2ccc(C(=O)O)cc2)nc(N)n1.Cc1cc(N[C@@H](C)c2ccc(C(=O)O/N=C(\N)C3CC3)cc2)nc(N)n1.N/C(=N\O)C1CC1.O.[Li+].[OH-]. The number of halogens is 1. The number of rotatable bonds is 17. The summed E-state index contributed by atoms with van der Waals surface area (Å²) in [7, 11) is 2.73. The van der Waals surface area contributed by atoms with Crippen LogP contribution >= 0.6 is 11.6 Å². The number of amidine groups is 2. The molecule has 0 radical (unpaired) electrons. The molecule has 524 valence electrons. The zero-order chi connectivity index (χ0) is 70.8. The number of carboxylic acids is 1. The smallest absolute Gasteiger partial charge is 0.870 e. The Kier molecular flexibility index (Phi) is 35.2. The van der Waals surface area contributed by atoms with Gasteiger partial charge in [-0.25, -0.2) is 44.1 Å². The van der Waals surface area contributed by atoms with Gasteiger partial charge in [0.1, 0.15) is 34.3 Å². The maximum absolute atomic E-state index is 12.0. The van der Waals surface area contributed by atoms with Crippen LogP contribution in [0.25, 0.3) is 0 Å². The molecule has 8 aromatic rings. The second-order valence-corrected chi connectivity index (χ2v) is 22.5. The van der Waals surface area contributed by atoms with E-state index < -0.39 is 11.9 Å². The molecule has 2 fully saturated rings. The molecule has 0 saturated heterocycles. The summed E-state index contributed by atoms with van der Waals surface area (Å²) in [4.78, 5) is 82.1. The number of aromatic carboxylic acids is 1. The number of carbonyl (C=O) groups excluding carboxylic acids is 3. The number of aromatic nitrogens is 8. The first-order valence-electron chi connectivity index (χ1n) is 30.0. The third-order valence-electron chi connectivity index (χ3n) is 13.9. The Morgan fingerprint density at radius 2 is 0.788 bits per heavy atom. The number of carboxylic acid groups (broad SMARTS) is 1. The molecule has 4 aromatic heterocycles. The van der Waals surface area contributed by atoms with E-state index in [0.29, 0.717) is 56.9 Å². The van der Waals surface area contributed by atoms with Crippen LogP contribution in [0.5, 0.6) is 0 Å². The fourth-order valence-corrected chi connectivity index (χ4v) is 8.66. The average molecular weight is 1380 g/mol. The number of nitrogens with one attached hydrogen (secondary N) is 3. The fraction of sp³-hybridized carbons (Fsp3) is 0.303. The van der Waals surface area contributed by atoms with Crippen LogP contribution in [-0.4, -0.2) is 111 Å². The summed E-state index contributed by atoms with van der Waals surface area (Å²) in [6.45, 7) is 15.2. The Hall–Kier alpha value is -10.8. The number of nitrogen functional groups attached to an aromatic ring is 4. The summed E-state index contributed by atoms with van der Waals surface area (Å²) in [5, 5.41) is 33.5. The molecule has 31 nitrogen and oxygen atoms in total. The van der Waals surface area contributed by atoms with Gasteiger partial charge in [0.05, 0.1) is 36.5 Å². The number of carbonyl (C=O) groups is 4. The van der Waals surface area contributed by atoms with Gasteiger partial charge in [-0.2, -0.15) is 15.0 Å². The maximum atomic E-state index is 12.0. The van der Waals surface area contributed by atoms with Crippen LogP contribution in [0.3, 0.4) is 0 Å². The van der Waals surface area contributed by atoms with Crippen LogP contribution in [0.15, 0.2) is 132 Å². The Labute approximate surface area is 590 Å². The van der Waals surface area contributed by atoms with E-state index in [1.165, 1.54) is 14.2 Å². The Morgan fingerprint density at radius 1 is 0.495 bits per heavy atom. The van der Waals surface area contributed by atoms with Crippen molar-refractivity contribution in [3.8, 4) is 0 Å². The van der Waals surface area contributed by atoms with E-state index in [9.17, 15) is 19.2 Å². The number of hydrogen-bond acceptors (Lipinski definition) is 27. The Morgan fingerprint density at radius 3 is 1.05 bits per heavy atom. The first-order chi connectivity index (χ1) is 45.5. The number of hydrogen-bond donors (Lipinski definition) is 12. The third kappa shape index (κ3) is 29.6. The predicted octanol–water partition coefficient (Wildman–Crippen LogP) is 5.60. The Bertz CT molecular complexity index is 3840. The van der Waals surface area contributed by atoms with Crippen molar-refractivity contribution in [1.82, 2.24) is 39.9 Å². The maximum Gasteiger partial charge on any atom is 1.00 e. The number of aryl methyl sites for hydroxylation is 4. The molecule has 22 N–H and O–H groups in total. The number of methoxy groups -OCH3 is 2. The molecule has 0 bridgehead atoms. The standard InChI is InChI=1S/C18H22N6O2.C15H18N4O2.C14H16N4O2.C10H13NO2.C5H6ClN3.C4H8N2O.Li.2H2O/c1-10-9-15(23-18(20)21-10)22-11(2)12-3-7-14(8-4-12)17(25)26-24-16(19)13-5-6-13;1-9-8-13(19-15(16)17-9)18-10(2)11-4-6-12(7-5-11)14(20)21-3;1-8-7-12(18-14(15)16-8)17-9(2)10-3-5-11(6-4-10)13(19)20;1-7(11)8-3-5-9(6-4-8)10(12)13-2;1-3-2-4(6)9-5(7)8-3;5-4(6-7)3-1-2-3;;;/h3-4,7-9,11,13H,5-6H2,1-2H3,(H2,19,24)(H3,20,21,22,23);4-8,10H,1-3H3,(H3,16,17,18,19);3-7,9H,1-2H3,(H,19,20)(H3,15,16,17,18);3-7H,11H2,1-2H3;2H,1H3,(H2,7,8,9);3,7H,1-2H2,(H2,5,6);;2*1H2/q;;;;;;+1;;/p-1/t11-;10-;9-;7-;;;;;/m0000...../s1. The van der Waals surface area contributed by atoms with Crippen LogP contribution in [-0.2, 0) is 14.3 Å². The van der Waals surface area contributed by atoms with Crippen molar-refractivity contribution in [2.75, 3.05) is 53.1 Å². The third-order valence-corrected chi connectivity index (χ3v) is 14.1. The molecule has 33 heteroatoms. The fourth-order valence-electron chi connectivity index (χ4n) is 8.41. The zero-order valence-electron chi connectivity index (χ0n) is 56.9. The minimum Gasteiger partial charge on any atom is -0.870 e.